The number of fused-ring (bicyclic) bond motifs is 1. The van der Waals surface area contributed by atoms with Crippen molar-refractivity contribution in [2.24, 2.45) is 5.92 Å². The molecular weight excluding hydrogens is 547 g/mol. The highest BCUT2D eigenvalue weighted by atomic mass is 32.2. The Hall–Kier alpha value is -2.29. The topological polar surface area (TPSA) is 58.4 Å². The van der Waals surface area contributed by atoms with Gasteiger partial charge in [0.25, 0.3) is 0 Å². The number of halogens is 1. The van der Waals surface area contributed by atoms with Crippen LogP contribution in [0.25, 0.3) is 22.4 Å². The molecule has 0 radical (unpaired) electrons. The first kappa shape index (κ1) is 29.8. The number of piperidine rings is 2. The molecule has 3 unspecified atom stereocenters. The van der Waals surface area contributed by atoms with Crippen LogP contribution in [0.3, 0.4) is 0 Å². The molecule has 42 heavy (non-hydrogen) atoms. The zero-order valence-electron chi connectivity index (χ0n) is 25.9. The molecule has 228 valence electrons. The summed E-state index contributed by atoms with van der Waals surface area (Å²) in [6, 6.07) is 13.0. The van der Waals surface area contributed by atoms with E-state index in [-0.39, 0.29) is 10.7 Å². The number of nitrogens with zero attached hydrogens (tertiary/aromatic N) is 4. The van der Waals surface area contributed by atoms with Gasteiger partial charge in [-0.05, 0) is 119 Å². The van der Waals surface area contributed by atoms with E-state index in [0.717, 1.165) is 61.2 Å². The molecule has 0 bridgehead atoms. The lowest BCUT2D eigenvalue weighted by Gasteiger charge is -2.49. The van der Waals surface area contributed by atoms with Gasteiger partial charge in [0, 0.05) is 42.5 Å². The number of benzene rings is 2. The lowest BCUT2D eigenvalue weighted by atomic mass is 9.85. The number of rotatable bonds is 8. The fourth-order valence-corrected chi connectivity index (χ4v) is 8.28. The standard InChI is InChI=1S/C34H47FN4O2S/c1-6-27-20-29(17-23(4)38(27)21-22(2)3)37-15-13-24(14-16-37)26-18-31(35)33-32(19-26)39(28-9-10-28)34(36-33)25-7-11-30(12-8-25)42(5,40)41/h7-8,11-12,18-19,22-24,27-29H,6,9-10,13-17,20-21H2,1-5H3. The minimum absolute atomic E-state index is 0.254. The average Bonchev–Trinajstić information content (AvgIpc) is 3.72. The molecule has 3 aliphatic rings. The molecular formula is C34H47FN4O2S. The van der Waals surface area contributed by atoms with E-state index >= 15 is 4.39 Å². The second-order valence-corrected chi connectivity index (χ2v) is 15.7. The summed E-state index contributed by atoms with van der Waals surface area (Å²) in [6.45, 7) is 12.7. The Bertz CT molecular complexity index is 1520. The van der Waals surface area contributed by atoms with Crippen molar-refractivity contribution >= 4 is 20.9 Å². The molecule has 2 aliphatic heterocycles. The number of imidazole rings is 1. The van der Waals surface area contributed by atoms with Crippen LogP contribution in [0.1, 0.15) is 90.2 Å². The Labute approximate surface area is 251 Å². The summed E-state index contributed by atoms with van der Waals surface area (Å²) >= 11 is 0. The Morgan fingerprint density at radius 2 is 1.69 bits per heavy atom. The van der Waals surface area contributed by atoms with E-state index in [9.17, 15) is 8.42 Å². The van der Waals surface area contributed by atoms with Crippen molar-refractivity contribution in [3.8, 4) is 11.4 Å². The molecule has 1 aromatic heterocycles. The highest BCUT2D eigenvalue weighted by Gasteiger charge is 2.37. The van der Waals surface area contributed by atoms with Gasteiger partial charge in [0.2, 0.25) is 0 Å². The van der Waals surface area contributed by atoms with Crippen molar-refractivity contribution in [2.75, 3.05) is 25.9 Å². The van der Waals surface area contributed by atoms with Crippen LogP contribution in [0.4, 0.5) is 4.39 Å². The summed E-state index contributed by atoms with van der Waals surface area (Å²) in [5.74, 6) is 1.51. The van der Waals surface area contributed by atoms with Crippen molar-refractivity contribution < 1.29 is 12.8 Å². The maximum Gasteiger partial charge on any atom is 0.175 e. The fraction of sp³-hybridized carbons (Fsp3) is 0.618. The zero-order chi connectivity index (χ0) is 29.8. The average molecular weight is 595 g/mol. The van der Waals surface area contributed by atoms with Gasteiger partial charge in [-0.2, -0.15) is 0 Å². The van der Waals surface area contributed by atoms with Gasteiger partial charge >= 0.3 is 0 Å². The first-order valence-electron chi connectivity index (χ1n) is 16.0. The predicted octanol–water partition coefficient (Wildman–Crippen LogP) is 7.05. The van der Waals surface area contributed by atoms with Crippen molar-refractivity contribution in [3.05, 3.63) is 47.8 Å². The number of sulfone groups is 1. The van der Waals surface area contributed by atoms with Gasteiger partial charge in [-0.1, -0.05) is 20.8 Å². The normalized spacial score (nSPS) is 25.1. The van der Waals surface area contributed by atoms with E-state index in [1.807, 2.05) is 0 Å². The maximum absolute atomic E-state index is 15.7. The first-order chi connectivity index (χ1) is 20.0. The number of aromatic nitrogens is 2. The van der Waals surface area contributed by atoms with Crippen molar-refractivity contribution in [1.82, 2.24) is 19.4 Å². The van der Waals surface area contributed by atoms with Crippen LogP contribution in [0, 0.1) is 11.7 Å². The molecule has 2 aromatic carbocycles. The minimum atomic E-state index is -3.28. The predicted molar refractivity (Wildman–Crippen MR) is 168 cm³/mol. The van der Waals surface area contributed by atoms with Crippen LogP contribution < -0.4 is 0 Å². The van der Waals surface area contributed by atoms with Crippen molar-refractivity contribution in [1.29, 1.82) is 0 Å². The quantitative estimate of drug-likeness (QED) is 0.280. The minimum Gasteiger partial charge on any atom is -0.321 e. The van der Waals surface area contributed by atoms with Gasteiger partial charge in [0.15, 0.2) is 15.7 Å². The van der Waals surface area contributed by atoms with Gasteiger partial charge < -0.3 is 9.47 Å². The van der Waals surface area contributed by atoms with Gasteiger partial charge in [-0.3, -0.25) is 4.90 Å². The van der Waals surface area contributed by atoms with Crippen LogP contribution >= 0.6 is 0 Å². The largest absolute Gasteiger partial charge is 0.321 e. The van der Waals surface area contributed by atoms with Gasteiger partial charge in [-0.15, -0.1) is 0 Å². The SMILES string of the molecule is CCC1CC(N2CCC(c3cc(F)c4nc(-c5ccc(S(C)(=O)=O)cc5)n(C5CC5)c4c3)CC2)CC(C)N1CC(C)C. The van der Waals surface area contributed by atoms with Crippen LogP contribution in [-0.2, 0) is 9.84 Å². The highest BCUT2D eigenvalue weighted by Crippen LogP contribution is 2.43. The van der Waals surface area contributed by atoms with E-state index in [0.29, 0.717) is 41.5 Å². The molecule has 8 heteroatoms. The third-order valence-electron chi connectivity index (χ3n) is 9.98. The smallest absolute Gasteiger partial charge is 0.175 e. The zero-order valence-corrected chi connectivity index (χ0v) is 26.7. The van der Waals surface area contributed by atoms with E-state index in [2.05, 4.69) is 48.1 Å². The lowest BCUT2D eigenvalue weighted by Crippen LogP contribution is -2.55. The molecule has 3 aromatic rings. The summed E-state index contributed by atoms with van der Waals surface area (Å²) < 4.78 is 41.8. The van der Waals surface area contributed by atoms with E-state index < -0.39 is 9.84 Å². The molecule has 3 fully saturated rings. The molecule has 0 spiro atoms. The van der Waals surface area contributed by atoms with Gasteiger partial charge in [0.1, 0.15) is 11.3 Å². The molecule has 2 saturated heterocycles. The third kappa shape index (κ3) is 5.91. The fourth-order valence-electron chi connectivity index (χ4n) is 7.65. The summed E-state index contributed by atoms with van der Waals surface area (Å²) in [5.41, 5.74) is 3.19. The summed E-state index contributed by atoms with van der Waals surface area (Å²) in [4.78, 5) is 10.5. The number of hydrogen-bond acceptors (Lipinski definition) is 5. The second kappa shape index (κ2) is 11.7. The Morgan fingerprint density at radius 1 is 1.00 bits per heavy atom. The number of hydrogen-bond donors (Lipinski definition) is 0. The van der Waals surface area contributed by atoms with Crippen LogP contribution in [0.15, 0.2) is 41.3 Å². The van der Waals surface area contributed by atoms with Crippen LogP contribution in [-0.4, -0.2) is 71.8 Å². The maximum atomic E-state index is 15.7. The van der Waals surface area contributed by atoms with Crippen molar-refractivity contribution in [3.63, 3.8) is 0 Å². The molecule has 6 nitrogen and oxygen atoms in total. The molecule has 1 saturated carbocycles. The summed E-state index contributed by atoms with van der Waals surface area (Å²) in [5, 5.41) is 0. The van der Waals surface area contributed by atoms with Crippen molar-refractivity contribution in [2.45, 2.75) is 108 Å². The molecule has 0 amide bonds. The third-order valence-corrected chi connectivity index (χ3v) is 11.1. The Balaban J connectivity index is 1.21. The molecule has 6 rings (SSSR count). The Kier molecular flexibility index (Phi) is 8.26. The molecule has 0 N–H and O–H groups in total. The van der Waals surface area contributed by atoms with Gasteiger partial charge in [0.05, 0.1) is 10.4 Å². The van der Waals surface area contributed by atoms with E-state index in [4.69, 9.17) is 4.98 Å². The second-order valence-electron chi connectivity index (χ2n) is 13.6. The van der Waals surface area contributed by atoms with Crippen LogP contribution in [0.5, 0.6) is 0 Å². The highest BCUT2D eigenvalue weighted by molar-refractivity contribution is 7.90. The molecule has 1 aliphatic carbocycles. The Morgan fingerprint density at radius 3 is 2.29 bits per heavy atom. The first-order valence-corrected chi connectivity index (χ1v) is 17.9. The van der Waals surface area contributed by atoms with E-state index in [1.165, 1.54) is 32.1 Å². The van der Waals surface area contributed by atoms with E-state index in [1.54, 1.807) is 30.3 Å². The van der Waals surface area contributed by atoms with Crippen LogP contribution in [0.2, 0.25) is 0 Å². The van der Waals surface area contributed by atoms with Gasteiger partial charge in [-0.25, -0.2) is 17.8 Å². The summed E-state index contributed by atoms with van der Waals surface area (Å²) in [6.07, 6.45) is 9.13. The summed E-state index contributed by atoms with van der Waals surface area (Å²) in [7, 11) is -3.28. The molecule has 3 atom stereocenters. The lowest BCUT2D eigenvalue weighted by molar-refractivity contribution is 0.0113. The monoisotopic (exact) mass is 594 g/mol. The molecule has 3 heterocycles. The number of likely N-dealkylation sites (tertiary alicyclic amines) is 2.